The third kappa shape index (κ3) is 7.14. The number of nitrogens with zero attached hydrogens (tertiary/aromatic N) is 3. The Labute approximate surface area is 131 Å². The van der Waals surface area contributed by atoms with Crippen LogP contribution in [0.2, 0.25) is 0 Å². The highest BCUT2D eigenvalue weighted by Crippen LogP contribution is 2.20. The predicted molar refractivity (Wildman–Crippen MR) is 91.0 cm³/mol. The maximum atomic E-state index is 4.69. The summed E-state index contributed by atoms with van der Waals surface area (Å²) in [5.41, 5.74) is 0. The third-order valence-electron chi connectivity index (χ3n) is 2.74. The first-order valence-corrected chi connectivity index (χ1v) is 9.16. The maximum absolute atomic E-state index is 4.69. The number of thioether (sulfide) groups is 1. The first-order chi connectivity index (χ1) is 9.77. The Morgan fingerprint density at radius 2 is 2.30 bits per heavy atom. The number of hydrogen-bond acceptors (Lipinski definition) is 4. The second kappa shape index (κ2) is 11.0. The van der Waals surface area contributed by atoms with Gasteiger partial charge in [-0.2, -0.15) is 0 Å². The summed E-state index contributed by atoms with van der Waals surface area (Å²) in [4.78, 5) is 11.2. The third-order valence-corrected chi connectivity index (χ3v) is 4.79. The van der Waals surface area contributed by atoms with Gasteiger partial charge in [0, 0.05) is 44.0 Å². The molecule has 0 unspecified atom stereocenters. The number of nitrogens with one attached hydrogen (secondary N) is 1. The van der Waals surface area contributed by atoms with E-state index in [1.807, 2.05) is 23.3 Å². The highest BCUT2D eigenvalue weighted by atomic mass is 32.2. The second-order valence-corrected chi connectivity index (χ2v) is 6.75. The van der Waals surface area contributed by atoms with E-state index < -0.39 is 0 Å². The molecule has 0 aliphatic heterocycles. The van der Waals surface area contributed by atoms with Crippen molar-refractivity contribution in [2.75, 3.05) is 32.4 Å². The molecule has 4 nitrogen and oxygen atoms in total. The molecule has 0 amide bonds. The Balaban J connectivity index is 2.27. The monoisotopic (exact) mass is 314 g/mol. The minimum absolute atomic E-state index is 0.872. The van der Waals surface area contributed by atoms with Crippen molar-refractivity contribution in [3.05, 3.63) is 11.6 Å². The lowest BCUT2D eigenvalue weighted by Crippen LogP contribution is -2.39. The maximum Gasteiger partial charge on any atom is 0.193 e. The van der Waals surface area contributed by atoms with E-state index in [9.17, 15) is 0 Å². The molecule has 0 aliphatic carbocycles. The van der Waals surface area contributed by atoms with Gasteiger partial charge >= 0.3 is 0 Å². The molecule has 0 bridgehead atoms. The van der Waals surface area contributed by atoms with Crippen LogP contribution in [0.5, 0.6) is 0 Å². The van der Waals surface area contributed by atoms with Gasteiger partial charge in [-0.15, -0.1) is 11.3 Å². The number of unbranched alkanes of at least 4 members (excludes halogenated alkanes) is 1. The Kier molecular flexibility index (Phi) is 9.49. The molecule has 0 saturated carbocycles. The lowest BCUT2D eigenvalue weighted by molar-refractivity contribution is 0.465. The number of aromatic nitrogens is 1. The van der Waals surface area contributed by atoms with Crippen molar-refractivity contribution < 1.29 is 0 Å². The van der Waals surface area contributed by atoms with E-state index in [-0.39, 0.29) is 0 Å². The van der Waals surface area contributed by atoms with Crippen LogP contribution in [0.25, 0.3) is 0 Å². The molecule has 6 heteroatoms. The fraction of sp³-hybridized carbons (Fsp3) is 0.714. The molecule has 114 valence electrons. The molecule has 0 spiro atoms. The van der Waals surface area contributed by atoms with E-state index in [1.165, 1.54) is 12.8 Å². The van der Waals surface area contributed by atoms with Gasteiger partial charge in [0.2, 0.25) is 0 Å². The standard InChI is InChI=1S/C14H26N4S2/c1-4-6-10-18(3)13(15-5-2)16-8-7-11-19-14-17-9-12-20-14/h9,12H,4-8,10-11H2,1-3H3,(H,15,16). The van der Waals surface area contributed by atoms with E-state index in [2.05, 4.69) is 41.1 Å². The van der Waals surface area contributed by atoms with Gasteiger partial charge in [0.15, 0.2) is 5.96 Å². The summed E-state index contributed by atoms with van der Waals surface area (Å²) < 4.78 is 1.15. The second-order valence-electron chi connectivity index (χ2n) is 4.51. The number of aliphatic imine (C=N–C) groups is 1. The summed E-state index contributed by atoms with van der Waals surface area (Å²) in [5, 5.41) is 5.37. The highest BCUT2D eigenvalue weighted by Gasteiger charge is 2.04. The molecular weight excluding hydrogens is 288 g/mol. The van der Waals surface area contributed by atoms with Crippen LogP contribution in [0.1, 0.15) is 33.1 Å². The molecule has 0 aliphatic rings. The van der Waals surface area contributed by atoms with E-state index in [4.69, 9.17) is 0 Å². The van der Waals surface area contributed by atoms with E-state index >= 15 is 0 Å². The van der Waals surface area contributed by atoms with Crippen molar-refractivity contribution in [1.29, 1.82) is 0 Å². The topological polar surface area (TPSA) is 40.5 Å². The van der Waals surface area contributed by atoms with Gasteiger partial charge in [-0.3, -0.25) is 4.99 Å². The van der Waals surface area contributed by atoms with E-state index in [0.29, 0.717) is 0 Å². The van der Waals surface area contributed by atoms with Crippen LogP contribution in [0.4, 0.5) is 0 Å². The average molecular weight is 315 g/mol. The highest BCUT2D eigenvalue weighted by molar-refractivity contribution is 8.00. The molecule has 1 heterocycles. The normalized spacial score (nSPS) is 11.7. The molecule has 0 atom stereocenters. The quantitative estimate of drug-likeness (QED) is 0.328. The molecule has 1 aromatic rings. The van der Waals surface area contributed by atoms with Gasteiger partial charge in [0.1, 0.15) is 4.34 Å². The molecule has 1 N–H and O–H groups in total. The zero-order valence-electron chi connectivity index (χ0n) is 12.8. The van der Waals surface area contributed by atoms with Crippen molar-refractivity contribution >= 4 is 29.1 Å². The van der Waals surface area contributed by atoms with Gasteiger partial charge in [0.25, 0.3) is 0 Å². The molecule has 1 aromatic heterocycles. The van der Waals surface area contributed by atoms with Gasteiger partial charge in [-0.25, -0.2) is 4.98 Å². The molecular formula is C14H26N4S2. The van der Waals surface area contributed by atoms with Crippen molar-refractivity contribution in [2.24, 2.45) is 4.99 Å². The Hall–Kier alpha value is -0.750. The van der Waals surface area contributed by atoms with Crippen LogP contribution in [0.15, 0.2) is 20.9 Å². The summed E-state index contributed by atoms with van der Waals surface area (Å²) in [6, 6.07) is 0. The van der Waals surface area contributed by atoms with Crippen molar-refractivity contribution in [1.82, 2.24) is 15.2 Å². The molecule has 20 heavy (non-hydrogen) atoms. The van der Waals surface area contributed by atoms with Gasteiger partial charge in [0.05, 0.1) is 0 Å². The SMILES string of the molecule is CCCCN(C)C(=NCCCSc1nccs1)NCC. The summed E-state index contributed by atoms with van der Waals surface area (Å²) >= 11 is 3.52. The summed E-state index contributed by atoms with van der Waals surface area (Å²) in [5.74, 6) is 2.11. The zero-order chi connectivity index (χ0) is 14.6. The van der Waals surface area contributed by atoms with E-state index in [1.54, 1.807) is 11.3 Å². The predicted octanol–water partition coefficient (Wildman–Crippen LogP) is 3.32. The van der Waals surface area contributed by atoms with Gasteiger partial charge in [-0.05, 0) is 19.8 Å². The number of hydrogen-bond donors (Lipinski definition) is 1. The molecule has 0 fully saturated rings. The average Bonchev–Trinajstić information content (AvgIpc) is 2.96. The van der Waals surface area contributed by atoms with Crippen molar-refractivity contribution in [3.63, 3.8) is 0 Å². The summed E-state index contributed by atoms with van der Waals surface area (Å²) in [6.45, 7) is 7.19. The van der Waals surface area contributed by atoms with Crippen LogP contribution < -0.4 is 5.32 Å². The summed E-state index contributed by atoms with van der Waals surface area (Å²) in [6.07, 6.45) is 5.37. The lowest BCUT2D eigenvalue weighted by Gasteiger charge is -2.21. The zero-order valence-corrected chi connectivity index (χ0v) is 14.4. The largest absolute Gasteiger partial charge is 0.357 e. The molecule has 1 rings (SSSR count). The Morgan fingerprint density at radius 3 is 2.95 bits per heavy atom. The first kappa shape index (κ1) is 17.3. The van der Waals surface area contributed by atoms with E-state index in [0.717, 1.165) is 42.1 Å². The lowest BCUT2D eigenvalue weighted by atomic mass is 10.3. The minimum atomic E-state index is 0.872. The van der Waals surface area contributed by atoms with Crippen LogP contribution in [-0.4, -0.2) is 48.3 Å². The summed E-state index contributed by atoms with van der Waals surface area (Å²) in [7, 11) is 2.11. The Morgan fingerprint density at radius 1 is 1.45 bits per heavy atom. The van der Waals surface area contributed by atoms with Crippen LogP contribution >= 0.6 is 23.1 Å². The molecule has 0 saturated heterocycles. The smallest absolute Gasteiger partial charge is 0.193 e. The van der Waals surface area contributed by atoms with Crippen LogP contribution in [0, 0.1) is 0 Å². The fourth-order valence-corrected chi connectivity index (χ4v) is 3.29. The number of guanidine groups is 1. The first-order valence-electron chi connectivity index (χ1n) is 7.29. The number of rotatable bonds is 9. The van der Waals surface area contributed by atoms with Gasteiger partial charge in [-0.1, -0.05) is 25.1 Å². The number of thiazole rings is 1. The van der Waals surface area contributed by atoms with Crippen LogP contribution in [0.3, 0.4) is 0 Å². The fourth-order valence-electron chi connectivity index (χ4n) is 1.66. The molecule has 0 aromatic carbocycles. The van der Waals surface area contributed by atoms with Crippen molar-refractivity contribution in [2.45, 2.75) is 37.4 Å². The van der Waals surface area contributed by atoms with Crippen LogP contribution in [-0.2, 0) is 0 Å². The Bertz CT molecular complexity index is 365. The minimum Gasteiger partial charge on any atom is -0.357 e. The van der Waals surface area contributed by atoms with Crippen molar-refractivity contribution in [3.8, 4) is 0 Å². The molecule has 0 radical (unpaired) electrons. The van der Waals surface area contributed by atoms with Gasteiger partial charge < -0.3 is 10.2 Å².